The van der Waals surface area contributed by atoms with E-state index in [0.717, 1.165) is 5.56 Å². The Morgan fingerprint density at radius 1 is 1.47 bits per heavy atom. The molecule has 0 aliphatic heterocycles. The Bertz CT molecular complexity index is 371. The van der Waals surface area contributed by atoms with Crippen LogP contribution in [0.4, 0.5) is 5.69 Å². The zero-order valence-corrected chi connectivity index (χ0v) is 10.4. The molecule has 0 saturated heterocycles. The van der Waals surface area contributed by atoms with Gasteiger partial charge in [0.25, 0.3) is 5.91 Å². The molecule has 0 fully saturated rings. The molecule has 1 rings (SSSR count). The number of rotatable bonds is 5. The Kier molecular flexibility index (Phi) is 4.97. The van der Waals surface area contributed by atoms with Gasteiger partial charge in [-0.2, -0.15) is 0 Å². The minimum absolute atomic E-state index is 0.0587. The number of benzene rings is 1. The van der Waals surface area contributed by atoms with Gasteiger partial charge in [0.15, 0.2) is 0 Å². The lowest BCUT2D eigenvalue weighted by molar-refractivity contribution is 0.0754. The van der Waals surface area contributed by atoms with Gasteiger partial charge in [-0.15, -0.1) is 0 Å². The number of aryl methyl sites for hydroxylation is 1. The quantitative estimate of drug-likeness (QED) is 0.760. The molecule has 0 aromatic heterocycles. The minimum atomic E-state index is -0.0587. The smallest absolute Gasteiger partial charge is 0.256 e. The van der Waals surface area contributed by atoms with Gasteiger partial charge in [0.05, 0.1) is 5.56 Å². The zero-order valence-electron chi connectivity index (χ0n) is 10.4. The summed E-state index contributed by atoms with van der Waals surface area (Å²) in [7, 11) is 0. The Hall–Kier alpha value is -1.55. The molecule has 0 atom stereocenters. The highest BCUT2D eigenvalue weighted by molar-refractivity contribution is 6.00. The largest absolute Gasteiger partial charge is 0.398 e. The van der Waals surface area contributed by atoms with Crippen LogP contribution in [0.5, 0.6) is 0 Å². The number of nitrogens with zero attached hydrogens (tertiary/aromatic N) is 1. The maximum Gasteiger partial charge on any atom is 0.256 e. The molecule has 3 N–H and O–H groups in total. The van der Waals surface area contributed by atoms with Gasteiger partial charge in [0, 0.05) is 25.4 Å². The van der Waals surface area contributed by atoms with Gasteiger partial charge >= 0.3 is 0 Å². The van der Waals surface area contributed by atoms with Crippen molar-refractivity contribution in [3.8, 4) is 0 Å². The van der Waals surface area contributed by atoms with Gasteiger partial charge < -0.3 is 15.7 Å². The van der Waals surface area contributed by atoms with Crippen LogP contribution in [-0.2, 0) is 0 Å². The molecular weight excluding hydrogens is 216 g/mol. The Morgan fingerprint density at radius 2 is 2.18 bits per heavy atom. The van der Waals surface area contributed by atoms with E-state index in [9.17, 15) is 4.79 Å². The van der Waals surface area contributed by atoms with Gasteiger partial charge in [-0.3, -0.25) is 4.79 Å². The summed E-state index contributed by atoms with van der Waals surface area (Å²) < 4.78 is 0. The van der Waals surface area contributed by atoms with Crippen molar-refractivity contribution in [1.82, 2.24) is 4.90 Å². The standard InChI is InChI=1S/C13H20N2O2/c1-3-15(8-5-9-16)13(17)12-10(2)6-4-7-11(12)14/h4,6-7,16H,3,5,8-9,14H2,1-2H3. The predicted octanol–water partition coefficient (Wildman–Crippen LogP) is 1.42. The number of carbonyl (C=O) groups is 1. The fourth-order valence-corrected chi connectivity index (χ4v) is 1.81. The average molecular weight is 236 g/mol. The first-order valence-electron chi connectivity index (χ1n) is 5.87. The Morgan fingerprint density at radius 3 is 2.71 bits per heavy atom. The second-order valence-corrected chi connectivity index (χ2v) is 4.00. The summed E-state index contributed by atoms with van der Waals surface area (Å²) >= 11 is 0. The Balaban J connectivity index is 2.93. The number of hydrogen-bond donors (Lipinski definition) is 2. The van der Waals surface area contributed by atoms with E-state index >= 15 is 0 Å². The zero-order chi connectivity index (χ0) is 12.8. The Labute approximate surface area is 102 Å². The van der Waals surface area contributed by atoms with Crippen LogP contribution in [0.25, 0.3) is 0 Å². The maximum absolute atomic E-state index is 12.3. The molecule has 0 bridgehead atoms. The van der Waals surface area contributed by atoms with E-state index in [0.29, 0.717) is 30.8 Å². The van der Waals surface area contributed by atoms with Crippen molar-refractivity contribution in [2.45, 2.75) is 20.3 Å². The van der Waals surface area contributed by atoms with Gasteiger partial charge in [0.2, 0.25) is 0 Å². The lowest BCUT2D eigenvalue weighted by Crippen LogP contribution is -2.33. The molecule has 0 unspecified atom stereocenters. The molecule has 0 heterocycles. The summed E-state index contributed by atoms with van der Waals surface area (Å²) in [6, 6.07) is 5.45. The summed E-state index contributed by atoms with van der Waals surface area (Å²) in [5.74, 6) is -0.0587. The van der Waals surface area contributed by atoms with Crippen molar-refractivity contribution >= 4 is 11.6 Å². The molecule has 4 nitrogen and oxygen atoms in total. The fourth-order valence-electron chi connectivity index (χ4n) is 1.81. The second-order valence-electron chi connectivity index (χ2n) is 4.00. The van der Waals surface area contributed by atoms with E-state index in [1.807, 2.05) is 26.0 Å². The molecule has 0 aliphatic rings. The van der Waals surface area contributed by atoms with Crippen LogP contribution in [0, 0.1) is 6.92 Å². The SMILES string of the molecule is CCN(CCCO)C(=O)c1c(C)cccc1N. The van der Waals surface area contributed by atoms with E-state index in [4.69, 9.17) is 10.8 Å². The van der Waals surface area contributed by atoms with Crippen molar-refractivity contribution in [2.75, 3.05) is 25.4 Å². The van der Waals surface area contributed by atoms with Gasteiger partial charge in [-0.25, -0.2) is 0 Å². The van der Waals surface area contributed by atoms with Gasteiger partial charge in [-0.1, -0.05) is 12.1 Å². The molecule has 4 heteroatoms. The summed E-state index contributed by atoms with van der Waals surface area (Å²) in [5.41, 5.74) is 7.82. The van der Waals surface area contributed by atoms with Crippen molar-refractivity contribution in [2.24, 2.45) is 0 Å². The van der Waals surface area contributed by atoms with Crippen LogP contribution < -0.4 is 5.73 Å². The molecule has 1 aromatic rings. The van der Waals surface area contributed by atoms with Crippen LogP contribution in [0.15, 0.2) is 18.2 Å². The van der Waals surface area contributed by atoms with Gasteiger partial charge in [-0.05, 0) is 31.9 Å². The number of anilines is 1. The fraction of sp³-hybridized carbons (Fsp3) is 0.462. The van der Waals surface area contributed by atoms with Crippen LogP contribution in [0.1, 0.15) is 29.3 Å². The third-order valence-corrected chi connectivity index (χ3v) is 2.77. The molecule has 0 saturated carbocycles. The van der Waals surface area contributed by atoms with Crippen LogP contribution in [0.2, 0.25) is 0 Å². The molecule has 0 radical (unpaired) electrons. The van der Waals surface area contributed by atoms with Crippen molar-refractivity contribution in [1.29, 1.82) is 0 Å². The summed E-state index contributed by atoms with van der Waals surface area (Å²) in [5, 5.41) is 8.81. The molecule has 94 valence electrons. The highest BCUT2D eigenvalue weighted by atomic mass is 16.3. The molecule has 1 amide bonds. The number of nitrogen functional groups attached to an aromatic ring is 1. The van der Waals surface area contributed by atoms with E-state index in [-0.39, 0.29) is 12.5 Å². The highest BCUT2D eigenvalue weighted by Gasteiger charge is 2.18. The van der Waals surface area contributed by atoms with Crippen molar-refractivity contribution in [3.05, 3.63) is 29.3 Å². The topological polar surface area (TPSA) is 66.6 Å². The lowest BCUT2D eigenvalue weighted by atomic mass is 10.1. The van der Waals surface area contributed by atoms with Crippen LogP contribution >= 0.6 is 0 Å². The average Bonchev–Trinajstić information content (AvgIpc) is 2.30. The second kappa shape index (κ2) is 6.25. The third kappa shape index (κ3) is 3.20. The van der Waals surface area contributed by atoms with E-state index in [1.54, 1.807) is 11.0 Å². The van der Waals surface area contributed by atoms with E-state index in [1.165, 1.54) is 0 Å². The minimum Gasteiger partial charge on any atom is -0.398 e. The first kappa shape index (κ1) is 13.5. The van der Waals surface area contributed by atoms with Crippen molar-refractivity contribution in [3.63, 3.8) is 0 Å². The monoisotopic (exact) mass is 236 g/mol. The predicted molar refractivity (Wildman–Crippen MR) is 68.9 cm³/mol. The summed E-state index contributed by atoms with van der Waals surface area (Å²) in [6.07, 6.45) is 0.589. The highest BCUT2D eigenvalue weighted by Crippen LogP contribution is 2.18. The maximum atomic E-state index is 12.3. The van der Waals surface area contributed by atoms with Crippen LogP contribution in [-0.4, -0.2) is 35.6 Å². The first-order chi connectivity index (χ1) is 8.11. The first-order valence-corrected chi connectivity index (χ1v) is 5.87. The third-order valence-electron chi connectivity index (χ3n) is 2.77. The van der Waals surface area contributed by atoms with Crippen molar-refractivity contribution < 1.29 is 9.90 Å². The lowest BCUT2D eigenvalue weighted by Gasteiger charge is -2.22. The van der Waals surface area contributed by atoms with E-state index in [2.05, 4.69) is 0 Å². The molecule has 0 spiro atoms. The number of carbonyl (C=O) groups excluding carboxylic acids is 1. The number of aliphatic hydroxyl groups is 1. The summed E-state index contributed by atoms with van der Waals surface area (Å²) in [6.45, 7) is 5.06. The number of aliphatic hydroxyl groups excluding tert-OH is 1. The molecule has 17 heavy (non-hydrogen) atoms. The number of amides is 1. The van der Waals surface area contributed by atoms with Crippen LogP contribution in [0.3, 0.4) is 0 Å². The normalized spacial score (nSPS) is 10.3. The molecular formula is C13H20N2O2. The number of nitrogens with two attached hydrogens (primary N) is 1. The van der Waals surface area contributed by atoms with Gasteiger partial charge in [0.1, 0.15) is 0 Å². The van der Waals surface area contributed by atoms with E-state index < -0.39 is 0 Å². The number of hydrogen-bond acceptors (Lipinski definition) is 3. The molecule has 1 aromatic carbocycles. The summed E-state index contributed by atoms with van der Waals surface area (Å²) in [4.78, 5) is 14.0. The molecule has 0 aliphatic carbocycles.